The van der Waals surface area contributed by atoms with Gasteiger partial charge in [-0.3, -0.25) is 9.59 Å². The Labute approximate surface area is 244 Å². The molecule has 0 spiro atoms. The molecule has 0 atom stereocenters. The minimum absolute atomic E-state index is 0.0265. The molecule has 0 aliphatic rings. The molecule has 0 aromatic heterocycles. The molecule has 232 valence electrons. The number of ketones is 2. The van der Waals surface area contributed by atoms with E-state index in [-0.39, 0.29) is 18.1 Å². The smallest absolute Gasteiger partial charge is 0.144 e. The summed E-state index contributed by atoms with van der Waals surface area (Å²) >= 11 is 0. The first-order valence-electron chi connectivity index (χ1n) is 17.5. The Balaban J connectivity index is 3.81. The van der Waals surface area contributed by atoms with Crippen molar-refractivity contribution < 1.29 is 14.8 Å². The summed E-state index contributed by atoms with van der Waals surface area (Å²) in [6.07, 6.45) is 34.3. The van der Waals surface area contributed by atoms with Gasteiger partial charge in [0.05, 0.1) is 5.92 Å². The highest BCUT2D eigenvalue weighted by atomic mass is 16.5. The summed E-state index contributed by atoms with van der Waals surface area (Å²) in [6.45, 7) is 4.67. The third-order valence-electron chi connectivity index (χ3n) is 8.28. The number of Topliss-reactive ketones (excluding diaryl/α,β-unsaturated/α-hetero) is 2. The molecular weight excluding hydrogens is 482 g/mol. The van der Waals surface area contributed by atoms with E-state index < -0.39 is 5.92 Å². The molecule has 4 nitrogen and oxygen atoms in total. The van der Waals surface area contributed by atoms with Gasteiger partial charge in [-0.15, -0.1) is 0 Å². The van der Waals surface area contributed by atoms with Crippen molar-refractivity contribution in [1.29, 1.82) is 0 Å². The molecular formula is C35H69NO3. The molecule has 0 aliphatic heterocycles. The van der Waals surface area contributed by atoms with Crippen molar-refractivity contribution in [3.63, 3.8) is 0 Å². The largest absolute Gasteiger partial charge is 0.314 e. The Morgan fingerprint density at radius 2 is 0.692 bits per heavy atom. The van der Waals surface area contributed by atoms with E-state index in [1.54, 1.807) is 0 Å². The van der Waals surface area contributed by atoms with Crippen molar-refractivity contribution in [2.45, 2.75) is 194 Å². The monoisotopic (exact) mass is 552 g/mol. The number of rotatable bonds is 32. The van der Waals surface area contributed by atoms with Crippen LogP contribution in [-0.2, 0) is 9.59 Å². The van der Waals surface area contributed by atoms with E-state index in [1.165, 1.54) is 148 Å². The van der Waals surface area contributed by atoms with Crippen molar-refractivity contribution in [2.75, 3.05) is 13.6 Å². The molecule has 0 aliphatic carbocycles. The second kappa shape index (κ2) is 30.2. The molecule has 1 N–H and O–H groups in total. The average Bonchev–Trinajstić information content (AvgIpc) is 2.92. The van der Waals surface area contributed by atoms with Crippen LogP contribution in [0.15, 0.2) is 0 Å². The van der Waals surface area contributed by atoms with Gasteiger partial charge in [-0.05, 0) is 12.8 Å². The number of nitrogens with zero attached hydrogens (tertiary/aromatic N) is 1. The topological polar surface area (TPSA) is 57.6 Å². The van der Waals surface area contributed by atoms with E-state index in [4.69, 9.17) is 0 Å². The van der Waals surface area contributed by atoms with E-state index in [2.05, 4.69) is 13.8 Å². The number of hydrogen-bond donors (Lipinski definition) is 1. The Bertz CT molecular complexity index is 492. The van der Waals surface area contributed by atoms with Crippen molar-refractivity contribution in [1.82, 2.24) is 5.06 Å². The van der Waals surface area contributed by atoms with Crippen molar-refractivity contribution >= 4 is 11.6 Å². The normalized spacial score (nSPS) is 11.6. The number of hydroxylamine groups is 2. The third kappa shape index (κ3) is 27.2. The van der Waals surface area contributed by atoms with Crippen LogP contribution < -0.4 is 0 Å². The highest BCUT2D eigenvalue weighted by Crippen LogP contribution is 2.17. The maximum atomic E-state index is 12.8. The molecule has 0 amide bonds. The molecule has 0 unspecified atom stereocenters. The highest BCUT2D eigenvalue weighted by molar-refractivity contribution is 6.02. The Morgan fingerprint density at radius 1 is 0.462 bits per heavy atom. The first kappa shape index (κ1) is 38.3. The molecule has 4 heteroatoms. The maximum Gasteiger partial charge on any atom is 0.144 e. The van der Waals surface area contributed by atoms with E-state index in [9.17, 15) is 14.8 Å². The van der Waals surface area contributed by atoms with E-state index >= 15 is 0 Å². The lowest BCUT2D eigenvalue weighted by Crippen LogP contribution is -2.34. The average molecular weight is 552 g/mol. The fraction of sp³-hybridized carbons (Fsp3) is 0.943. The second-order valence-corrected chi connectivity index (χ2v) is 12.3. The van der Waals surface area contributed by atoms with Gasteiger partial charge in [-0.25, -0.2) is 0 Å². The van der Waals surface area contributed by atoms with Crippen molar-refractivity contribution in [2.24, 2.45) is 5.92 Å². The van der Waals surface area contributed by atoms with Gasteiger partial charge in [-0.2, -0.15) is 5.06 Å². The zero-order valence-electron chi connectivity index (χ0n) is 26.8. The van der Waals surface area contributed by atoms with Crippen LogP contribution in [0.2, 0.25) is 0 Å². The number of unbranched alkanes of at least 4 members (excludes halogenated alkanes) is 24. The predicted octanol–water partition coefficient (Wildman–Crippen LogP) is 11.0. The second-order valence-electron chi connectivity index (χ2n) is 12.3. The zero-order valence-corrected chi connectivity index (χ0v) is 26.8. The SMILES string of the molecule is CCCCCCCCCCCCCCCC(=O)C(CN(C)O)C(=O)CCCCCCCCCCCCCCC. The fourth-order valence-electron chi connectivity index (χ4n) is 5.63. The van der Waals surface area contributed by atoms with Gasteiger partial charge in [0.25, 0.3) is 0 Å². The van der Waals surface area contributed by atoms with Gasteiger partial charge >= 0.3 is 0 Å². The molecule has 0 aromatic carbocycles. The van der Waals surface area contributed by atoms with Crippen LogP contribution in [0.5, 0.6) is 0 Å². The Hall–Kier alpha value is -0.740. The van der Waals surface area contributed by atoms with Gasteiger partial charge in [0.15, 0.2) is 0 Å². The molecule has 0 radical (unpaired) electrons. The lowest BCUT2D eigenvalue weighted by Gasteiger charge is -2.18. The summed E-state index contributed by atoms with van der Waals surface area (Å²) in [5.74, 6) is -0.605. The first-order valence-corrected chi connectivity index (χ1v) is 17.5. The fourth-order valence-corrected chi connectivity index (χ4v) is 5.63. The zero-order chi connectivity index (χ0) is 28.8. The van der Waals surface area contributed by atoms with E-state index in [0.29, 0.717) is 12.8 Å². The summed E-state index contributed by atoms with van der Waals surface area (Å²) in [7, 11) is 1.53. The van der Waals surface area contributed by atoms with Crippen LogP contribution >= 0.6 is 0 Å². The Morgan fingerprint density at radius 3 is 0.923 bits per heavy atom. The van der Waals surface area contributed by atoms with Gasteiger partial charge < -0.3 is 5.21 Å². The molecule has 0 fully saturated rings. The van der Waals surface area contributed by atoms with Gasteiger partial charge in [0.2, 0.25) is 0 Å². The van der Waals surface area contributed by atoms with Gasteiger partial charge in [0, 0.05) is 26.4 Å². The lowest BCUT2D eigenvalue weighted by atomic mass is 9.91. The summed E-state index contributed by atoms with van der Waals surface area (Å²) in [6, 6.07) is 0. The highest BCUT2D eigenvalue weighted by Gasteiger charge is 2.26. The van der Waals surface area contributed by atoms with Crippen LogP contribution in [0, 0.1) is 5.92 Å². The van der Waals surface area contributed by atoms with Crippen LogP contribution in [-0.4, -0.2) is 35.4 Å². The molecule has 39 heavy (non-hydrogen) atoms. The molecule has 0 rings (SSSR count). The number of carbonyl (C=O) groups is 2. The first-order chi connectivity index (χ1) is 19.0. The van der Waals surface area contributed by atoms with Crippen LogP contribution in [0.4, 0.5) is 0 Å². The van der Waals surface area contributed by atoms with Gasteiger partial charge in [-0.1, -0.05) is 168 Å². The molecule has 0 aromatic rings. The quantitative estimate of drug-likeness (QED) is 0.0513. The summed E-state index contributed by atoms with van der Waals surface area (Å²) < 4.78 is 0. The lowest BCUT2D eigenvalue weighted by molar-refractivity contribution is -0.140. The number of hydrogen-bond acceptors (Lipinski definition) is 4. The molecule has 0 heterocycles. The van der Waals surface area contributed by atoms with Crippen molar-refractivity contribution in [3.05, 3.63) is 0 Å². The van der Waals surface area contributed by atoms with E-state index in [1.807, 2.05) is 0 Å². The van der Waals surface area contributed by atoms with Crippen LogP contribution in [0.3, 0.4) is 0 Å². The van der Waals surface area contributed by atoms with Crippen LogP contribution in [0.25, 0.3) is 0 Å². The molecule has 0 bridgehead atoms. The number of carbonyl (C=O) groups excluding carboxylic acids is 2. The van der Waals surface area contributed by atoms with E-state index in [0.717, 1.165) is 30.7 Å². The minimum atomic E-state index is -0.658. The van der Waals surface area contributed by atoms with Crippen LogP contribution in [0.1, 0.15) is 194 Å². The van der Waals surface area contributed by atoms with Gasteiger partial charge in [0.1, 0.15) is 11.6 Å². The standard InChI is InChI=1S/C35H69NO3/c1-4-6-8-10-12-14-16-18-20-22-24-26-28-30-34(37)33(32-36(3)39)35(38)31-29-27-25-23-21-19-17-15-13-11-9-7-5-2/h33,39H,4-32H2,1-3H3. The Kier molecular flexibility index (Phi) is 29.7. The summed E-state index contributed by atoms with van der Waals surface area (Å²) in [5.41, 5.74) is 0. The molecule has 0 saturated carbocycles. The van der Waals surface area contributed by atoms with Crippen molar-refractivity contribution in [3.8, 4) is 0 Å². The predicted molar refractivity (Wildman–Crippen MR) is 169 cm³/mol. The maximum absolute atomic E-state index is 12.8. The minimum Gasteiger partial charge on any atom is -0.314 e. The summed E-state index contributed by atoms with van der Waals surface area (Å²) in [5, 5.41) is 10.7. The third-order valence-corrected chi connectivity index (χ3v) is 8.28. The summed E-state index contributed by atoms with van der Waals surface area (Å²) in [4.78, 5) is 25.6. The molecule has 0 saturated heterocycles.